The van der Waals surface area contributed by atoms with Gasteiger partial charge in [0.25, 0.3) is 0 Å². The topological polar surface area (TPSA) is 47.2 Å². The fraction of sp³-hybridized carbons (Fsp3) is 0.188. The lowest BCUT2D eigenvalue weighted by molar-refractivity contribution is 0.528. The molecule has 1 heterocycles. The molecule has 0 aliphatic rings. The largest absolute Gasteiger partial charge is 0.419 e. The highest BCUT2D eigenvalue weighted by Crippen LogP contribution is 2.24. The average Bonchev–Trinajstić information content (AvgIpc) is 2.74. The Morgan fingerprint density at radius 1 is 1.24 bits per heavy atom. The Morgan fingerprint density at radius 3 is 2.76 bits per heavy atom. The van der Waals surface area contributed by atoms with Gasteiger partial charge in [-0.2, -0.15) is 0 Å². The normalized spacial score (nSPS) is 12.5. The average molecular weight is 286 g/mol. The molecule has 21 heavy (non-hydrogen) atoms. The molecule has 0 saturated heterocycles. The lowest BCUT2D eigenvalue weighted by Crippen LogP contribution is -2.08. The molecular weight excluding hydrogens is 271 g/mol. The first-order valence-electron chi connectivity index (χ1n) is 6.67. The number of oxazole rings is 1. The molecule has 4 nitrogen and oxygen atoms in total. The molecule has 108 valence electrons. The van der Waals surface area contributed by atoms with Crippen LogP contribution in [0.3, 0.4) is 0 Å². The van der Waals surface area contributed by atoms with Crippen molar-refractivity contribution < 1.29 is 8.81 Å². The van der Waals surface area contributed by atoms with E-state index in [4.69, 9.17) is 4.42 Å². The molecule has 2 aromatic carbocycles. The van der Waals surface area contributed by atoms with Crippen LogP contribution in [0.15, 0.2) is 51.7 Å². The van der Waals surface area contributed by atoms with E-state index >= 15 is 0 Å². The summed E-state index contributed by atoms with van der Waals surface area (Å²) in [6.45, 7) is 1.88. The maximum atomic E-state index is 13.7. The fourth-order valence-electron chi connectivity index (χ4n) is 2.38. The molecule has 0 saturated carbocycles. The van der Waals surface area contributed by atoms with Crippen molar-refractivity contribution in [3.8, 4) is 0 Å². The van der Waals surface area contributed by atoms with Crippen molar-refractivity contribution in [3.05, 3.63) is 64.4 Å². The molecule has 5 heteroatoms. The van der Waals surface area contributed by atoms with E-state index in [1.807, 2.05) is 13.0 Å². The van der Waals surface area contributed by atoms with Gasteiger partial charge in [0.05, 0.1) is 11.6 Å². The Kier molecular flexibility index (Phi) is 3.25. The summed E-state index contributed by atoms with van der Waals surface area (Å²) in [5.74, 6) is -0.644. The van der Waals surface area contributed by atoms with Crippen molar-refractivity contribution in [3.63, 3.8) is 0 Å². The number of hydrogen-bond donors (Lipinski definition) is 1. The maximum Gasteiger partial charge on any atom is 0.419 e. The van der Waals surface area contributed by atoms with Gasteiger partial charge in [0.15, 0.2) is 5.58 Å². The lowest BCUT2D eigenvalue weighted by atomic mass is 10.1. The van der Waals surface area contributed by atoms with Crippen LogP contribution < -0.4 is 11.1 Å². The molecule has 1 N–H and O–H groups in total. The van der Waals surface area contributed by atoms with E-state index in [9.17, 15) is 9.18 Å². The first-order chi connectivity index (χ1) is 10.1. The minimum absolute atomic E-state index is 0.195. The van der Waals surface area contributed by atoms with Crippen LogP contribution in [-0.4, -0.2) is 4.57 Å². The van der Waals surface area contributed by atoms with Crippen molar-refractivity contribution in [2.45, 2.75) is 13.0 Å². The molecule has 3 aromatic rings. The molecule has 0 spiro atoms. The standard InChI is InChI=1S/C16H15FN2O2/c1-10(12-5-3-4-6-13(12)17)18-11-7-8-14-15(9-11)21-16(20)19(14)2/h3-10,18H,1-2H3/t10-/m0/s1. The number of benzene rings is 2. The van der Waals surface area contributed by atoms with Crippen LogP contribution in [0.2, 0.25) is 0 Å². The third-order valence-electron chi connectivity index (χ3n) is 3.55. The number of fused-ring (bicyclic) bond motifs is 1. The molecular formula is C16H15FN2O2. The molecule has 0 fully saturated rings. The summed E-state index contributed by atoms with van der Waals surface area (Å²) in [5.41, 5.74) is 2.59. The van der Waals surface area contributed by atoms with Gasteiger partial charge in [-0.1, -0.05) is 18.2 Å². The van der Waals surface area contributed by atoms with Gasteiger partial charge < -0.3 is 9.73 Å². The molecule has 0 bridgehead atoms. The predicted molar refractivity (Wildman–Crippen MR) is 79.9 cm³/mol. The van der Waals surface area contributed by atoms with E-state index in [1.165, 1.54) is 10.6 Å². The molecule has 0 aliphatic carbocycles. The van der Waals surface area contributed by atoms with Crippen LogP contribution in [0.25, 0.3) is 11.1 Å². The third kappa shape index (κ3) is 2.42. The van der Waals surface area contributed by atoms with Gasteiger partial charge in [0.2, 0.25) is 0 Å². The Morgan fingerprint density at radius 2 is 2.00 bits per heavy atom. The number of rotatable bonds is 3. The molecule has 1 atom stereocenters. The number of halogens is 1. The number of nitrogens with one attached hydrogen (secondary N) is 1. The van der Waals surface area contributed by atoms with E-state index in [2.05, 4.69) is 5.32 Å². The number of aromatic nitrogens is 1. The van der Waals surface area contributed by atoms with Crippen LogP contribution in [0, 0.1) is 5.82 Å². The van der Waals surface area contributed by atoms with E-state index in [0.29, 0.717) is 11.1 Å². The van der Waals surface area contributed by atoms with Gasteiger partial charge in [-0.05, 0) is 25.1 Å². The van der Waals surface area contributed by atoms with Crippen molar-refractivity contribution in [1.29, 1.82) is 0 Å². The third-order valence-corrected chi connectivity index (χ3v) is 3.55. The van der Waals surface area contributed by atoms with Gasteiger partial charge >= 0.3 is 5.76 Å². The SMILES string of the molecule is C[C@H](Nc1ccc2c(c1)oc(=O)n2C)c1ccccc1F. The minimum atomic E-state index is -0.399. The Hall–Kier alpha value is -2.56. The first-order valence-corrected chi connectivity index (χ1v) is 6.67. The van der Waals surface area contributed by atoms with E-state index in [-0.39, 0.29) is 11.9 Å². The second kappa shape index (κ2) is 5.09. The summed E-state index contributed by atoms with van der Waals surface area (Å²) in [5, 5.41) is 3.21. The molecule has 0 amide bonds. The van der Waals surface area contributed by atoms with Crippen molar-refractivity contribution in [2.24, 2.45) is 7.05 Å². The number of anilines is 1. The van der Waals surface area contributed by atoms with Gasteiger partial charge in [0.1, 0.15) is 5.82 Å². The molecule has 0 aliphatic heterocycles. The summed E-state index contributed by atoms with van der Waals surface area (Å²) in [4.78, 5) is 11.5. The summed E-state index contributed by atoms with van der Waals surface area (Å²) >= 11 is 0. The van der Waals surface area contributed by atoms with Gasteiger partial charge in [-0.25, -0.2) is 9.18 Å². The monoisotopic (exact) mass is 286 g/mol. The van der Waals surface area contributed by atoms with Crippen molar-refractivity contribution >= 4 is 16.8 Å². The number of hydrogen-bond acceptors (Lipinski definition) is 3. The second-order valence-electron chi connectivity index (χ2n) is 5.00. The van der Waals surface area contributed by atoms with Gasteiger partial charge in [-0.3, -0.25) is 4.57 Å². The quantitative estimate of drug-likeness (QED) is 0.802. The van der Waals surface area contributed by atoms with Crippen molar-refractivity contribution in [1.82, 2.24) is 4.57 Å². The number of aryl methyl sites for hydroxylation is 1. The zero-order valence-electron chi connectivity index (χ0n) is 11.8. The van der Waals surface area contributed by atoms with Crippen LogP contribution in [0.1, 0.15) is 18.5 Å². The first kappa shape index (κ1) is 13.4. The van der Waals surface area contributed by atoms with E-state index in [0.717, 1.165) is 11.2 Å². The highest BCUT2D eigenvalue weighted by Gasteiger charge is 2.11. The van der Waals surface area contributed by atoms with E-state index < -0.39 is 5.76 Å². The highest BCUT2D eigenvalue weighted by atomic mass is 19.1. The lowest BCUT2D eigenvalue weighted by Gasteiger charge is -2.16. The highest BCUT2D eigenvalue weighted by molar-refractivity contribution is 5.77. The van der Waals surface area contributed by atoms with Gasteiger partial charge in [0, 0.05) is 24.4 Å². The Balaban J connectivity index is 1.91. The van der Waals surface area contributed by atoms with E-state index in [1.54, 1.807) is 37.4 Å². The van der Waals surface area contributed by atoms with Crippen LogP contribution >= 0.6 is 0 Å². The zero-order chi connectivity index (χ0) is 15.0. The fourth-order valence-corrected chi connectivity index (χ4v) is 2.38. The van der Waals surface area contributed by atoms with Crippen LogP contribution in [-0.2, 0) is 7.05 Å². The maximum absolute atomic E-state index is 13.7. The second-order valence-corrected chi connectivity index (χ2v) is 5.00. The van der Waals surface area contributed by atoms with Crippen LogP contribution in [0.4, 0.5) is 10.1 Å². The molecule has 3 rings (SSSR count). The summed E-state index contributed by atoms with van der Waals surface area (Å²) in [6.07, 6.45) is 0. The summed E-state index contributed by atoms with van der Waals surface area (Å²) in [6, 6.07) is 11.8. The van der Waals surface area contributed by atoms with Crippen LogP contribution in [0.5, 0.6) is 0 Å². The Bertz CT molecular complexity index is 851. The Labute approximate surface area is 120 Å². The minimum Gasteiger partial charge on any atom is -0.408 e. The zero-order valence-corrected chi connectivity index (χ0v) is 11.8. The van der Waals surface area contributed by atoms with Gasteiger partial charge in [-0.15, -0.1) is 0 Å². The summed E-state index contributed by atoms with van der Waals surface area (Å²) < 4.78 is 20.3. The van der Waals surface area contributed by atoms with Crippen molar-refractivity contribution in [2.75, 3.05) is 5.32 Å². The smallest absolute Gasteiger partial charge is 0.408 e. The predicted octanol–water partition coefficient (Wildman–Crippen LogP) is 3.44. The molecule has 0 radical (unpaired) electrons. The summed E-state index contributed by atoms with van der Waals surface area (Å²) in [7, 11) is 1.66. The number of nitrogens with zero attached hydrogens (tertiary/aromatic N) is 1. The molecule has 1 aromatic heterocycles. The molecule has 0 unspecified atom stereocenters.